The van der Waals surface area contributed by atoms with Gasteiger partial charge in [0, 0.05) is 18.4 Å². The molecule has 2 rings (SSSR count). The number of aromatic nitrogens is 2. The van der Waals surface area contributed by atoms with Crippen molar-refractivity contribution in [3.63, 3.8) is 0 Å². The minimum atomic E-state index is -0.399. The molecular weight excluding hydrogens is 240 g/mol. The fraction of sp³-hybridized carbons (Fsp3) is 0.714. The molecule has 3 N–H and O–H groups in total. The number of nitrogens with two attached hydrogens (primary N) is 1. The normalized spacial score (nSPS) is 24.6. The van der Waals surface area contributed by atoms with Gasteiger partial charge in [0.05, 0.1) is 18.4 Å². The Balaban J connectivity index is 1.93. The fourth-order valence-electron chi connectivity index (χ4n) is 2.84. The molecule has 0 bridgehead atoms. The lowest BCUT2D eigenvalue weighted by Crippen LogP contribution is -2.47. The summed E-state index contributed by atoms with van der Waals surface area (Å²) < 4.78 is 2.09. The predicted molar refractivity (Wildman–Crippen MR) is 74.5 cm³/mol. The summed E-state index contributed by atoms with van der Waals surface area (Å²) in [5, 5.41) is 3.11. The minimum absolute atomic E-state index is 0.0225. The highest BCUT2D eigenvalue weighted by atomic mass is 16.2. The molecule has 1 fully saturated rings. The molecule has 0 radical (unpaired) electrons. The Kier molecular flexibility index (Phi) is 4.58. The van der Waals surface area contributed by atoms with Gasteiger partial charge in [-0.2, -0.15) is 0 Å². The predicted octanol–water partition coefficient (Wildman–Crippen LogP) is 1.47. The van der Waals surface area contributed by atoms with Crippen LogP contribution in [0.5, 0.6) is 0 Å². The quantitative estimate of drug-likeness (QED) is 0.845. The van der Waals surface area contributed by atoms with Gasteiger partial charge in [-0.05, 0) is 31.6 Å². The summed E-state index contributed by atoms with van der Waals surface area (Å²) in [4.78, 5) is 16.2. The molecule has 19 heavy (non-hydrogen) atoms. The van der Waals surface area contributed by atoms with E-state index in [-0.39, 0.29) is 11.9 Å². The van der Waals surface area contributed by atoms with Gasteiger partial charge in [-0.15, -0.1) is 0 Å². The van der Waals surface area contributed by atoms with Crippen molar-refractivity contribution in [3.05, 3.63) is 18.7 Å². The van der Waals surface area contributed by atoms with Gasteiger partial charge in [0.1, 0.15) is 0 Å². The van der Waals surface area contributed by atoms with Crippen molar-refractivity contribution < 1.29 is 4.79 Å². The molecule has 3 atom stereocenters. The maximum Gasteiger partial charge on any atom is 0.237 e. The third kappa shape index (κ3) is 3.56. The number of imidazole rings is 1. The highest BCUT2D eigenvalue weighted by Crippen LogP contribution is 2.29. The monoisotopic (exact) mass is 264 g/mol. The molecule has 0 spiro atoms. The van der Waals surface area contributed by atoms with Crippen molar-refractivity contribution in [2.75, 3.05) is 0 Å². The van der Waals surface area contributed by atoms with Crippen molar-refractivity contribution in [3.8, 4) is 0 Å². The van der Waals surface area contributed by atoms with Crippen LogP contribution >= 0.6 is 0 Å². The van der Waals surface area contributed by atoms with Crippen molar-refractivity contribution in [1.82, 2.24) is 14.9 Å². The summed E-state index contributed by atoms with van der Waals surface area (Å²) in [7, 11) is 0. The average Bonchev–Trinajstić information content (AvgIpc) is 2.97. The SMILES string of the molecule is CC(C)CC(N)C(=O)NC1CCCC1n1ccnc1. The van der Waals surface area contributed by atoms with E-state index in [2.05, 4.69) is 28.7 Å². The van der Waals surface area contributed by atoms with Gasteiger partial charge in [0.15, 0.2) is 0 Å². The number of rotatable bonds is 5. The van der Waals surface area contributed by atoms with Gasteiger partial charge in [-0.3, -0.25) is 4.79 Å². The molecule has 0 saturated heterocycles. The smallest absolute Gasteiger partial charge is 0.237 e. The number of carbonyl (C=O) groups excluding carboxylic acids is 1. The summed E-state index contributed by atoms with van der Waals surface area (Å²) in [6, 6.07) is 0.0987. The maximum absolute atomic E-state index is 12.1. The third-order valence-corrected chi connectivity index (χ3v) is 3.78. The first-order valence-electron chi connectivity index (χ1n) is 7.11. The molecule has 1 aromatic heterocycles. The van der Waals surface area contributed by atoms with E-state index in [1.165, 1.54) is 0 Å². The number of nitrogens with one attached hydrogen (secondary N) is 1. The average molecular weight is 264 g/mol. The Hall–Kier alpha value is -1.36. The van der Waals surface area contributed by atoms with Crippen LogP contribution in [0.2, 0.25) is 0 Å². The number of hydrogen-bond acceptors (Lipinski definition) is 3. The van der Waals surface area contributed by atoms with Crippen molar-refractivity contribution in [2.45, 2.75) is 57.7 Å². The Morgan fingerprint density at radius 1 is 1.53 bits per heavy atom. The lowest BCUT2D eigenvalue weighted by Gasteiger charge is -2.24. The molecule has 5 nitrogen and oxygen atoms in total. The van der Waals surface area contributed by atoms with E-state index in [0.717, 1.165) is 25.7 Å². The first kappa shape index (κ1) is 14.1. The van der Waals surface area contributed by atoms with E-state index >= 15 is 0 Å². The minimum Gasteiger partial charge on any atom is -0.350 e. The first-order valence-corrected chi connectivity index (χ1v) is 7.11. The van der Waals surface area contributed by atoms with Crippen molar-refractivity contribution in [1.29, 1.82) is 0 Å². The van der Waals surface area contributed by atoms with Crippen LogP contribution in [0.3, 0.4) is 0 Å². The largest absolute Gasteiger partial charge is 0.350 e. The summed E-state index contributed by atoms with van der Waals surface area (Å²) in [5.41, 5.74) is 5.93. The molecule has 5 heteroatoms. The number of hydrogen-bond donors (Lipinski definition) is 2. The lowest BCUT2D eigenvalue weighted by molar-refractivity contribution is -0.123. The highest BCUT2D eigenvalue weighted by molar-refractivity contribution is 5.81. The molecular formula is C14H24N4O. The highest BCUT2D eigenvalue weighted by Gasteiger charge is 2.30. The second kappa shape index (κ2) is 6.19. The van der Waals surface area contributed by atoms with Crippen molar-refractivity contribution in [2.24, 2.45) is 11.7 Å². The summed E-state index contributed by atoms with van der Waals surface area (Å²) in [6.45, 7) is 4.16. The second-order valence-electron chi connectivity index (χ2n) is 5.86. The van der Waals surface area contributed by atoms with Crippen LogP contribution in [0.15, 0.2) is 18.7 Å². The van der Waals surface area contributed by atoms with E-state index in [9.17, 15) is 4.79 Å². The van der Waals surface area contributed by atoms with E-state index < -0.39 is 6.04 Å². The first-order chi connectivity index (χ1) is 9.08. The third-order valence-electron chi connectivity index (χ3n) is 3.78. The van der Waals surface area contributed by atoms with Crippen LogP contribution in [0, 0.1) is 5.92 Å². The topological polar surface area (TPSA) is 72.9 Å². The molecule has 0 aliphatic heterocycles. The maximum atomic E-state index is 12.1. The molecule has 1 saturated carbocycles. The van der Waals surface area contributed by atoms with Gasteiger partial charge in [-0.25, -0.2) is 4.98 Å². The molecule has 1 amide bonds. The van der Waals surface area contributed by atoms with Crippen LogP contribution in [0.25, 0.3) is 0 Å². The van der Waals surface area contributed by atoms with E-state index in [4.69, 9.17) is 5.73 Å². The molecule has 1 aliphatic rings. The zero-order valence-corrected chi connectivity index (χ0v) is 11.7. The van der Waals surface area contributed by atoms with Crippen LogP contribution in [-0.2, 0) is 4.79 Å². The van der Waals surface area contributed by atoms with Gasteiger partial charge < -0.3 is 15.6 Å². The molecule has 106 valence electrons. The second-order valence-corrected chi connectivity index (χ2v) is 5.86. The van der Waals surface area contributed by atoms with Gasteiger partial charge in [0.25, 0.3) is 0 Å². The van der Waals surface area contributed by atoms with Gasteiger partial charge >= 0.3 is 0 Å². The van der Waals surface area contributed by atoms with Gasteiger partial charge in [0.2, 0.25) is 5.91 Å². The molecule has 1 aromatic rings. The molecule has 1 aliphatic carbocycles. The lowest BCUT2D eigenvalue weighted by atomic mass is 10.0. The standard InChI is InChI=1S/C14H24N4O/c1-10(2)8-11(15)14(19)17-12-4-3-5-13(12)18-7-6-16-9-18/h6-7,9-13H,3-5,8,15H2,1-2H3,(H,17,19). The molecule has 3 unspecified atom stereocenters. The number of amides is 1. The number of nitrogens with zero attached hydrogens (tertiary/aromatic N) is 2. The summed E-state index contributed by atoms with van der Waals surface area (Å²) in [6.07, 6.45) is 9.53. The van der Waals surface area contributed by atoms with Crippen LogP contribution in [0.1, 0.15) is 45.6 Å². The molecule has 0 aromatic carbocycles. The zero-order chi connectivity index (χ0) is 13.8. The van der Waals surface area contributed by atoms with Gasteiger partial charge in [-0.1, -0.05) is 13.8 Å². The van der Waals surface area contributed by atoms with E-state index in [0.29, 0.717) is 12.0 Å². The van der Waals surface area contributed by atoms with Crippen molar-refractivity contribution >= 4 is 5.91 Å². The van der Waals surface area contributed by atoms with Crippen LogP contribution < -0.4 is 11.1 Å². The summed E-state index contributed by atoms with van der Waals surface area (Å²) >= 11 is 0. The summed E-state index contributed by atoms with van der Waals surface area (Å²) in [5.74, 6) is 0.416. The number of carbonyl (C=O) groups is 1. The van der Waals surface area contributed by atoms with E-state index in [1.807, 2.05) is 12.5 Å². The van der Waals surface area contributed by atoms with Crippen LogP contribution in [0.4, 0.5) is 0 Å². The molecule has 1 heterocycles. The Labute approximate surface area is 114 Å². The Morgan fingerprint density at radius 3 is 2.95 bits per heavy atom. The van der Waals surface area contributed by atoms with Crippen LogP contribution in [-0.4, -0.2) is 27.5 Å². The Morgan fingerprint density at radius 2 is 2.32 bits per heavy atom. The Bertz CT molecular complexity index is 402. The fourth-order valence-corrected chi connectivity index (χ4v) is 2.84. The van der Waals surface area contributed by atoms with E-state index in [1.54, 1.807) is 6.20 Å². The zero-order valence-electron chi connectivity index (χ0n) is 11.7.